The standard InChI is InChI=1S/C18H29ClN2/c1-5-16-8-6-14(4)21(16)18-9-7-15(10-17(18)19)12-20-11-13(2)3/h7,9-10,13-14,16,20H,5-6,8,11-12H2,1-4H3. The fourth-order valence-corrected chi connectivity index (χ4v) is 3.58. The van der Waals surface area contributed by atoms with E-state index in [2.05, 4.69) is 56.1 Å². The fraction of sp³-hybridized carbons (Fsp3) is 0.667. The topological polar surface area (TPSA) is 15.3 Å². The number of anilines is 1. The Morgan fingerprint density at radius 3 is 2.71 bits per heavy atom. The van der Waals surface area contributed by atoms with E-state index >= 15 is 0 Å². The Kier molecular flexibility index (Phi) is 5.95. The zero-order valence-electron chi connectivity index (χ0n) is 13.8. The minimum absolute atomic E-state index is 0.595. The van der Waals surface area contributed by atoms with Crippen LogP contribution in [0, 0.1) is 5.92 Å². The van der Waals surface area contributed by atoms with Gasteiger partial charge in [0.25, 0.3) is 0 Å². The van der Waals surface area contributed by atoms with E-state index in [4.69, 9.17) is 11.6 Å². The van der Waals surface area contributed by atoms with Crippen LogP contribution >= 0.6 is 11.6 Å². The summed E-state index contributed by atoms with van der Waals surface area (Å²) >= 11 is 6.57. The summed E-state index contributed by atoms with van der Waals surface area (Å²) in [6.45, 7) is 11.0. The van der Waals surface area contributed by atoms with Gasteiger partial charge in [0.15, 0.2) is 0 Å². The summed E-state index contributed by atoms with van der Waals surface area (Å²) < 4.78 is 0. The zero-order chi connectivity index (χ0) is 15.4. The summed E-state index contributed by atoms with van der Waals surface area (Å²) in [5.41, 5.74) is 2.48. The van der Waals surface area contributed by atoms with Crippen LogP contribution in [0.25, 0.3) is 0 Å². The van der Waals surface area contributed by atoms with E-state index in [0.717, 1.165) is 18.1 Å². The molecule has 21 heavy (non-hydrogen) atoms. The lowest BCUT2D eigenvalue weighted by Crippen LogP contribution is -2.34. The van der Waals surface area contributed by atoms with Gasteiger partial charge in [-0.1, -0.05) is 38.4 Å². The SMILES string of the molecule is CCC1CCC(C)N1c1ccc(CNCC(C)C)cc1Cl. The van der Waals surface area contributed by atoms with E-state index in [1.54, 1.807) is 0 Å². The largest absolute Gasteiger partial charge is 0.365 e. The van der Waals surface area contributed by atoms with Crippen LogP contribution < -0.4 is 10.2 Å². The van der Waals surface area contributed by atoms with Gasteiger partial charge in [0, 0.05) is 18.6 Å². The minimum Gasteiger partial charge on any atom is -0.365 e. The number of nitrogens with zero attached hydrogens (tertiary/aromatic N) is 1. The van der Waals surface area contributed by atoms with Crippen molar-refractivity contribution < 1.29 is 0 Å². The maximum atomic E-state index is 6.57. The van der Waals surface area contributed by atoms with Gasteiger partial charge in [0.05, 0.1) is 10.7 Å². The minimum atomic E-state index is 0.595. The zero-order valence-corrected chi connectivity index (χ0v) is 14.6. The summed E-state index contributed by atoms with van der Waals surface area (Å²) in [4.78, 5) is 2.52. The van der Waals surface area contributed by atoms with Gasteiger partial charge >= 0.3 is 0 Å². The van der Waals surface area contributed by atoms with Crippen molar-refractivity contribution in [2.24, 2.45) is 5.92 Å². The van der Waals surface area contributed by atoms with Crippen LogP contribution in [0.4, 0.5) is 5.69 Å². The van der Waals surface area contributed by atoms with Crippen molar-refractivity contribution in [3.8, 4) is 0 Å². The quantitative estimate of drug-likeness (QED) is 0.808. The van der Waals surface area contributed by atoms with Crippen molar-refractivity contribution in [2.75, 3.05) is 11.4 Å². The van der Waals surface area contributed by atoms with E-state index in [9.17, 15) is 0 Å². The highest BCUT2D eigenvalue weighted by atomic mass is 35.5. The molecule has 2 unspecified atom stereocenters. The van der Waals surface area contributed by atoms with Crippen molar-refractivity contribution in [3.05, 3.63) is 28.8 Å². The highest BCUT2D eigenvalue weighted by Gasteiger charge is 2.30. The molecule has 1 aromatic rings. The lowest BCUT2D eigenvalue weighted by molar-refractivity contribution is 0.552. The molecule has 118 valence electrons. The summed E-state index contributed by atoms with van der Waals surface area (Å²) in [5, 5.41) is 4.37. The van der Waals surface area contributed by atoms with Crippen LogP contribution in [0.15, 0.2) is 18.2 Å². The van der Waals surface area contributed by atoms with Gasteiger partial charge in [-0.05, 0) is 56.3 Å². The monoisotopic (exact) mass is 308 g/mol. The van der Waals surface area contributed by atoms with Gasteiger partial charge in [-0.15, -0.1) is 0 Å². The highest BCUT2D eigenvalue weighted by Crippen LogP contribution is 2.36. The number of hydrogen-bond acceptors (Lipinski definition) is 2. The second-order valence-corrected chi connectivity index (χ2v) is 7.11. The van der Waals surface area contributed by atoms with Gasteiger partial charge in [-0.2, -0.15) is 0 Å². The molecule has 0 aromatic heterocycles. The second kappa shape index (κ2) is 7.51. The molecule has 1 heterocycles. The summed E-state index contributed by atoms with van der Waals surface area (Å²) in [6, 6.07) is 7.78. The van der Waals surface area contributed by atoms with Crippen molar-refractivity contribution in [3.63, 3.8) is 0 Å². The Bertz CT molecular complexity index is 459. The first-order valence-electron chi connectivity index (χ1n) is 8.30. The van der Waals surface area contributed by atoms with E-state index in [1.807, 2.05) is 0 Å². The Hall–Kier alpha value is -0.730. The molecule has 0 amide bonds. The predicted octanol–water partition coefficient (Wildman–Crippen LogP) is 4.85. The smallest absolute Gasteiger partial charge is 0.0642 e. The number of benzene rings is 1. The predicted molar refractivity (Wildman–Crippen MR) is 93.3 cm³/mol. The molecule has 2 rings (SSSR count). The van der Waals surface area contributed by atoms with E-state index in [-0.39, 0.29) is 0 Å². The third kappa shape index (κ3) is 4.14. The number of hydrogen-bond donors (Lipinski definition) is 1. The molecule has 0 bridgehead atoms. The van der Waals surface area contributed by atoms with Crippen LogP contribution in [-0.2, 0) is 6.54 Å². The average Bonchev–Trinajstić information content (AvgIpc) is 2.80. The number of nitrogens with one attached hydrogen (secondary N) is 1. The van der Waals surface area contributed by atoms with Gasteiger partial charge in [-0.3, -0.25) is 0 Å². The maximum absolute atomic E-state index is 6.57. The van der Waals surface area contributed by atoms with Gasteiger partial charge in [0.1, 0.15) is 0 Å². The van der Waals surface area contributed by atoms with Gasteiger partial charge < -0.3 is 10.2 Å². The van der Waals surface area contributed by atoms with Crippen molar-refractivity contribution in [1.29, 1.82) is 0 Å². The van der Waals surface area contributed by atoms with E-state index in [1.165, 1.54) is 30.5 Å². The van der Waals surface area contributed by atoms with E-state index < -0.39 is 0 Å². The molecule has 2 nitrogen and oxygen atoms in total. The molecule has 0 saturated carbocycles. The van der Waals surface area contributed by atoms with Crippen LogP contribution in [0.2, 0.25) is 5.02 Å². The van der Waals surface area contributed by atoms with Crippen LogP contribution in [0.5, 0.6) is 0 Å². The van der Waals surface area contributed by atoms with Crippen molar-refractivity contribution in [2.45, 2.75) is 65.6 Å². The third-order valence-corrected chi connectivity index (χ3v) is 4.73. The lowest BCUT2D eigenvalue weighted by atomic mass is 10.1. The molecule has 1 aliphatic heterocycles. The fourth-order valence-electron chi connectivity index (χ4n) is 3.28. The molecule has 3 heteroatoms. The molecule has 0 radical (unpaired) electrons. The Morgan fingerprint density at radius 2 is 2.10 bits per heavy atom. The number of halogens is 1. The molecule has 1 N–H and O–H groups in total. The van der Waals surface area contributed by atoms with Crippen LogP contribution in [-0.4, -0.2) is 18.6 Å². The Balaban J connectivity index is 2.08. The van der Waals surface area contributed by atoms with Gasteiger partial charge in [-0.25, -0.2) is 0 Å². The first kappa shape index (κ1) is 16.6. The molecule has 1 fully saturated rings. The normalized spacial score (nSPS) is 22.3. The molecule has 0 spiro atoms. The Labute approximate surface area is 134 Å². The molecular weight excluding hydrogens is 280 g/mol. The van der Waals surface area contributed by atoms with Gasteiger partial charge in [0.2, 0.25) is 0 Å². The molecule has 1 aliphatic rings. The molecule has 2 atom stereocenters. The maximum Gasteiger partial charge on any atom is 0.0642 e. The average molecular weight is 309 g/mol. The Morgan fingerprint density at radius 1 is 1.33 bits per heavy atom. The summed E-state index contributed by atoms with van der Waals surface area (Å²) in [7, 11) is 0. The lowest BCUT2D eigenvalue weighted by Gasteiger charge is -2.31. The molecule has 1 aromatic carbocycles. The second-order valence-electron chi connectivity index (χ2n) is 6.71. The molecule has 1 saturated heterocycles. The van der Waals surface area contributed by atoms with E-state index in [0.29, 0.717) is 18.0 Å². The van der Waals surface area contributed by atoms with Crippen molar-refractivity contribution in [1.82, 2.24) is 5.32 Å². The first-order chi connectivity index (χ1) is 10.0. The highest BCUT2D eigenvalue weighted by molar-refractivity contribution is 6.33. The van der Waals surface area contributed by atoms with Crippen LogP contribution in [0.1, 0.15) is 52.5 Å². The summed E-state index contributed by atoms with van der Waals surface area (Å²) in [6.07, 6.45) is 3.75. The molecule has 0 aliphatic carbocycles. The van der Waals surface area contributed by atoms with Crippen LogP contribution in [0.3, 0.4) is 0 Å². The molecular formula is C18H29ClN2. The third-order valence-electron chi connectivity index (χ3n) is 4.43. The van der Waals surface area contributed by atoms with Crippen molar-refractivity contribution >= 4 is 17.3 Å². The number of rotatable bonds is 6. The first-order valence-corrected chi connectivity index (χ1v) is 8.68. The summed E-state index contributed by atoms with van der Waals surface area (Å²) in [5.74, 6) is 0.676.